The van der Waals surface area contributed by atoms with Crippen LogP contribution in [0.3, 0.4) is 0 Å². The zero-order chi connectivity index (χ0) is 15.0. The number of benzene rings is 2. The Morgan fingerprint density at radius 1 is 0.600 bits per heavy atom. The Labute approximate surface area is 140 Å². The van der Waals surface area contributed by atoms with Crippen LogP contribution in [-0.4, -0.2) is 15.2 Å². The number of halogens is 2. The highest BCUT2D eigenvalue weighted by atomic mass is 79.9. The van der Waals surface area contributed by atoms with E-state index in [1.807, 2.05) is 0 Å². The van der Waals surface area contributed by atoms with Crippen molar-refractivity contribution in [3.63, 3.8) is 0 Å². The molecule has 20 heavy (non-hydrogen) atoms. The summed E-state index contributed by atoms with van der Waals surface area (Å²) in [6, 6.07) is 18.0. The normalized spacial score (nSPS) is 12.5. The van der Waals surface area contributed by atoms with Crippen molar-refractivity contribution in [2.75, 3.05) is 0 Å². The minimum Gasteiger partial charge on any atom is -0.0709 e. The molecule has 0 radical (unpaired) electrons. The molecule has 2 aromatic carbocycles. The van der Waals surface area contributed by atoms with E-state index in [1.165, 1.54) is 0 Å². The van der Waals surface area contributed by atoms with Gasteiger partial charge in [-0.1, -0.05) is 92.7 Å². The van der Waals surface area contributed by atoms with E-state index in [9.17, 15) is 0 Å². The Bertz CT molecular complexity index is 538. The van der Waals surface area contributed by atoms with Crippen LogP contribution in [0.15, 0.2) is 57.5 Å². The van der Waals surface area contributed by atoms with Crippen molar-refractivity contribution in [3.05, 3.63) is 57.5 Å². The molecule has 2 aromatic rings. The molecule has 0 spiro atoms. The lowest BCUT2D eigenvalue weighted by Crippen LogP contribution is -2.71. The molecule has 0 aliphatic carbocycles. The summed E-state index contributed by atoms with van der Waals surface area (Å²) in [5.74, 6) is 0. The Balaban J connectivity index is 2.62. The molecule has 0 unspecified atom stereocenters. The first kappa shape index (κ1) is 16.2. The summed E-state index contributed by atoms with van der Waals surface area (Å²) in [6.45, 7) is 10.0. The van der Waals surface area contributed by atoms with E-state index >= 15 is 0 Å². The van der Waals surface area contributed by atoms with Crippen molar-refractivity contribution in [3.8, 4) is 0 Å². The number of rotatable bonds is 3. The summed E-state index contributed by atoms with van der Waals surface area (Å²) in [6.07, 6.45) is 0. The van der Waals surface area contributed by atoms with Crippen molar-refractivity contribution >= 4 is 57.4 Å². The molecule has 0 amide bonds. The highest BCUT2D eigenvalue weighted by Gasteiger charge is 2.44. The Morgan fingerprint density at radius 2 is 0.900 bits per heavy atom. The van der Waals surface area contributed by atoms with Gasteiger partial charge < -0.3 is 0 Å². The van der Waals surface area contributed by atoms with Crippen LogP contribution in [0.25, 0.3) is 0 Å². The standard InChI is InChI=1S/C16H20Br2Si2/c1-19(2,3)20(4,15-9-5-13(17)6-10-15)16-11-7-14(18)8-12-16/h5-12H,1-4H3. The smallest absolute Gasteiger partial charge is 0.0709 e. The maximum Gasteiger partial charge on any atom is 0.107 e. The fraction of sp³-hybridized carbons (Fsp3) is 0.250. The van der Waals surface area contributed by atoms with Gasteiger partial charge >= 0.3 is 0 Å². The fourth-order valence-electron chi connectivity index (χ4n) is 2.60. The van der Waals surface area contributed by atoms with Crippen LogP contribution >= 0.6 is 31.9 Å². The fourth-order valence-corrected chi connectivity index (χ4v) is 13.1. The van der Waals surface area contributed by atoms with E-state index < -0.39 is 15.2 Å². The predicted molar refractivity (Wildman–Crippen MR) is 103 cm³/mol. The molecular formula is C16H20Br2Si2. The van der Waals surface area contributed by atoms with Gasteiger partial charge in [-0.25, -0.2) is 0 Å². The van der Waals surface area contributed by atoms with Gasteiger partial charge in [0.05, 0.1) is 0 Å². The Hall–Kier alpha value is -0.166. The van der Waals surface area contributed by atoms with Crippen LogP contribution in [-0.2, 0) is 0 Å². The zero-order valence-corrected chi connectivity index (χ0v) is 17.5. The lowest BCUT2D eigenvalue weighted by atomic mass is 10.4. The SMILES string of the molecule is C[Si](C)(C)[Si](C)(c1ccc(Br)cc1)c1ccc(Br)cc1. The summed E-state index contributed by atoms with van der Waals surface area (Å²) >= 11 is 7.10. The summed E-state index contributed by atoms with van der Waals surface area (Å²) in [7, 11) is -2.97. The van der Waals surface area contributed by atoms with Crippen molar-refractivity contribution in [2.45, 2.75) is 26.2 Å². The molecular weight excluding hydrogens is 408 g/mol. The highest BCUT2D eigenvalue weighted by molar-refractivity contribution is 9.10. The van der Waals surface area contributed by atoms with E-state index in [0.717, 1.165) is 8.95 Å². The van der Waals surface area contributed by atoms with E-state index in [1.54, 1.807) is 10.4 Å². The molecule has 0 bridgehead atoms. The van der Waals surface area contributed by atoms with Crippen LogP contribution in [0, 0.1) is 0 Å². The molecule has 0 fully saturated rings. The van der Waals surface area contributed by atoms with Gasteiger partial charge in [-0.2, -0.15) is 0 Å². The minimum absolute atomic E-state index is 1.16. The van der Waals surface area contributed by atoms with Gasteiger partial charge in [-0.15, -0.1) is 0 Å². The van der Waals surface area contributed by atoms with Crippen molar-refractivity contribution in [1.29, 1.82) is 0 Å². The molecule has 0 N–H and O–H groups in total. The van der Waals surface area contributed by atoms with Gasteiger partial charge in [0.15, 0.2) is 0 Å². The molecule has 106 valence electrons. The average Bonchev–Trinajstić information content (AvgIpc) is 2.38. The highest BCUT2D eigenvalue weighted by Crippen LogP contribution is 2.21. The van der Waals surface area contributed by atoms with Gasteiger partial charge in [-0.3, -0.25) is 0 Å². The average molecular weight is 428 g/mol. The molecule has 0 atom stereocenters. The first-order valence-electron chi connectivity index (χ1n) is 6.77. The topological polar surface area (TPSA) is 0 Å². The molecule has 0 heterocycles. The largest absolute Gasteiger partial charge is 0.107 e. The summed E-state index contributed by atoms with van der Waals surface area (Å²) in [4.78, 5) is 0. The number of hydrogen-bond donors (Lipinski definition) is 0. The Morgan fingerprint density at radius 3 is 1.15 bits per heavy atom. The molecule has 0 nitrogen and oxygen atoms in total. The van der Waals surface area contributed by atoms with Gasteiger partial charge in [-0.05, 0) is 24.3 Å². The molecule has 0 aliphatic rings. The maximum absolute atomic E-state index is 3.55. The molecule has 4 heteroatoms. The Kier molecular flexibility index (Phi) is 4.79. The zero-order valence-electron chi connectivity index (χ0n) is 12.4. The van der Waals surface area contributed by atoms with Crippen molar-refractivity contribution in [1.82, 2.24) is 0 Å². The van der Waals surface area contributed by atoms with Gasteiger partial charge in [0, 0.05) is 16.5 Å². The second-order valence-electron chi connectivity index (χ2n) is 6.39. The number of hydrogen-bond acceptors (Lipinski definition) is 0. The minimum atomic E-state index is -1.65. The van der Waals surface area contributed by atoms with E-state index in [0.29, 0.717) is 0 Å². The van der Waals surface area contributed by atoms with Crippen molar-refractivity contribution < 1.29 is 0 Å². The quantitative estimate of drug-likeness (QED) is 0.615. The van der Waals surface area contributed by atoms with Crippen LogP contribution < -0.4 is 10.4 Å². The molecule has 2 rings (SSSR count). The summed E-state index contributed by atoms with van der Waals surface area (Å²) in [5, 5.41) is 3.09. The monoisotopic (exact) mass is 426 g/mol. The van der Waals surface area contributed by atoms with Crippen LogP contribution in [0.4, 0.5) is 0 Å². The van der Waals surface area contributed by atoms with Crippen LogP contribution in [0.2, 0.25) is 26.2 Å². The van der Waals surface area contributed by atoms with E-state index in [-0.39, 0.29) is 0 Å². The lowest BCUT2D eigenvalue weighted by Gasteiger charge is -2.40. The molecule has 0 aromatic heterocycles. The van der Waals surface area contributed by atoms with E-state index in [2.05, 4.69) is 107 Å². The first-order chi connectivity index (χ1) is 9.25. The summed E-state index contributed by atoms with van der Waals surface area (Å²) < 4.78 is 2.31. The molecule has 0 saturated heterocycles. The second-order valence-corrected chi connectivity index (χ2v) is 23.6. The van der Waals surface area contributed by atoms with Gasteiger partial charge in [0.1, 0.15) is 7.59 Å². The lowest BCUT2D eigenvalue weighted by molar-refractivity contribution is 1.64. The van der Waals surface area contributed by atoms with E-state index in [4.69, 9.17) is 0 Å². The third-order valence-corrected chi connectivity index (χ3v) is 22.1. The van der Waals surface area contributed by atoms with Crippen molar-refractivity contribution in [2.24, 2.45) is 0 Å². The summed E-state index contributed by atoms with van der Waals surface area (Å²) in [5.41, 5.74) is 0. The molecule has 0 saturated carbocycles. The van der Waals surface area contributed by atoms with Crippen LogP contribution in [0.5, 0.6) is 0 Å². The van der Waals surface area contributed by atoms with Crippen LogP contribution in [0.1, 0.15) is 0 Å². The second kappa shape index (κ2) is 5.91. The molecule has 0 aliphatic heterocycles. The third kappa shape index (κ3) is 3.03. The third-order valence-electron chi connectivity index (χ3n) is 4.34. The predicted octanol–water partition coefficient (Wildman–Crippen LogP) is 4.82. The van der Waals surface area contributed by atoms with Gasteiger partial charge in [0.25, 0.3) is 0 Å². The first-order valence-corrected chi connectivity index (χ1v) is 15.4. The van der Waals surface area contributed by atoms with Gasteiger partial charge in [0.2, 0.25) is 0 Å². The maximum atomic E-state index is 3.55.